The SMILES string of the molecule is O=C(N[C@H]1CC[C@H](CCN2CCCCC2c2coc3cccc-3c2)CC1)c1ccc(-c2ccccc2)cc1. The van der Waals surface area contributed by atoms with E-state index < -0.39 is 0 Å². The van der Waals surface area contributed by atoms with E-state index in [4.69, 9.17) is 4.42 Å². The molecule has 2 aromatic carbocycles. The van der Waals surface area contributed by atoms with Crippen molar-refractivity contribution in [3.8, 4) is 22.5 Å². The lowest BCUT2D eigenvalue weighted by molar-refractivity contribution is 0.0915. The van der Waals surface area contributed by atoms with Crippen LogP contribution in [-0.2, 0) is 0 Å². The Morgan fingerprint density at radius 2 is 1.58 bits per heavy atom. The minimum absolute atomic E-state index is 0.0522. The summed E-state index contributed by atoms with van der Waals surface area (Å²) in [6, 6.07) is 27.6. The number of benzene rings is 2. The molecule has 38 heavy (non-hydrogen) atoms. The molecule has 4 heteroatoms. The number of amides is 1. The minimum atomic E-state index is 0.0522. The molecule has 2 aliphatic heterocycles. The Morgan fingerprint density at radius 1 is 0.816 bits per heavy atom. The predicted octanol–water partition coefficient (Wildman–Crippen LogP) is 7.96. The van der Waals surface area contributed by atoms with Crippen LogP contribution in [0.25, 0.3) is 22.5 Å². The maximum atomic E-state index is 12.9. The monoisotopic (exact) mass is 506 g/mol. The van der Waals surface area contributed by atoms with Gasteiger partial charge in [0.05, 0.1) is 6.26 Å². The average Bonchev–Trinajstić information content (AvgIpc) is 3.46. The van der Waals surface area contributed by atoms with E-state index in [0.717, 1.165) is 42.2 Å². The molecule has 1 saturated heterocycles. The maximum absolute atomic E-state index is 12.9. The van der Waals surface area contributed by atoms with Gasteiger partial charge in [-0.2, -0.15) is 0 Å². The van der Waals surface area contributed by atoms with Crippen molar-refractivity contribution in [2.45, 2.75) is 63.5 Å². The number of fused-ring (bicyclic) bond motifs is 1. The van der Waals surface area contributed by atoms with Gasteiger partial charge < -0.3 is 9.73 Å². The molecule has 2 aliphatic carbocycles. The van der Waals surface area contributed by atoms with Crippen molar-refractivity contribution in [1.82, 2.24) is 10.2 Å². The number of carbonyl (C=O) groups excluding carboxylic acids is 1. The zero-order valence-electron chi connectivity index (χ0n) is 22.1. The van der Waals surface area contributed by atoms with Crippen LogP contribution in [0.2, 0.25) is 0 Å². The van der Waals surface area contributed by atoms with Crippen LogP contribution < -0.4 is 5.32 Å². The lowest BCUT2D eigenvalue weighted by Gasteiger charge is -2.37. The van der Waals surface area contributed by atoms with E-state index in [1.807, 2.05) is 54.8 Å². The number of rotatable bonds is 7. The van der Waals surface area contributed by atoms with Crippen LogP contribution in [0.15, 0.2) is 89.5 Å². The molecule has 4 aliphatic rings. The highest BCUT2D eigenvalue weighted by molar-refractivity contribution is 5.94. The van der Waals surface area contributed by atoms with Gasteiger partial charge in [-0.1, -0.05) is 61.0 Å². The van der Waals surface area contributed by atoms with Crippen molar-refractivity contribution in [1.29, 1.82) is 0 Å². The first kappa shape index (κ1) is 24.9. The number of likely N-dealkylation sites (tertiary alicyclic amines) is 1. The normalized spacial score (nSPS) is 22.4. The van der Waals surface area contributed by atoms with Crippen molar-refractivity contribution in [2.24, 2.45) is 5.92 Å². The third-order valence-corrected chi connectivity index (χ3v) is 8.71. The van der Waals surface area contributed by atoms with E-state index in [-0.39, 0.29) is 11.9 Å². The van der Waals surface area contributed by atoms with Crippen LogP contribution in [0.4, 0.5) is 0 Å². The topological polar surface area (TPSA) is 45.5 Å². The average molecular weight is 507 g/mol. The molecule has 0 bridgehead atoms. The van der Waals surface area contributed by atoms with Gasteiger partial charge in [0.1, 0.15) is 5.76 Å². The van der Waals surface area contributed by atoms with Crippen molar-refractivity contribution < 1.29 is 9.21 Å². The molecule has 2 fully saturated rings. The number of piperidine rings is 1. The van der Waals surface area contributed by atoms with E-state index >= 15 is 0 Å². The quantitative estimate of drug-likeness (QED) is 0.277. The molecule has 196 valence electrons. The molecule has 4 nitrogen and oxygen atoms in total. The van der Waals surface area contributed by atoms with E-state index in [1.54, 1.807) is 0 Å². The Labute approximate surface area is 226 Å². The van der Waals surface area contributed by atoms with E-state index in [1.165, 1.54) is 61.8 Å². The van der Waals surface area contributed by atoms with Crippen LogP contribution in [0.1, 0.15) is 73.3 Å². The molecule has 0 aromatic heterocycles. The van der Waals surface area contributed by atoms with Gasteiger partial charge in [0.2, 0.25) is 0 Å². The molecule has 2 heterocycles. The summed E-state index contributed by atoms with van der Waals surface area (Å²) in [6.07, 6.45) is 11.6. The summed E-state index contributed by atoms with van der Waals surface area (Å²) in [5, 5.41) is 3.30. The fourth-order valence-electron chi connectivity index (χ4n) is 6.46. The third-order valence-electron chi connectivity index (χ3n) is 8.71. The van der Waals surface area contributed by atoms with E-state index in [0.29, 0.717) is 6.04 Å². The second kappa shape index (κ2) is 11.6. The molecule has 0 spiro atoms. The molecule has 2 aromatic rings. The molecule has 1 N–H and O–H groups in total. The number of nitrogens with one attached hydrogen (secondary N) is 1. The lowest BCUT2D eigenvalue weighted by atomic mass is 9.83. The summed E-state index contributed by atoms with van der Waals surface area (Å²) in [4.78, 5) is 15.6. The van der Waals surface area contributed by atoms with Crippen molar-refractivity contribution in [3.63, 3.8) is 0 Å². The summed E-state index contributed by atoms with van der Waals surface area (Å²) in [5.41, 5.74) is 5.59. The minimum Gasteiger partial charge on any atom is -0.464 e. The largest absolute Gasteiger partial charge is 0.464 e. The van der Waals surface area contributed by atoms with Gasteiger partial charge >= 0.3 is 0 Å². The van der Waals surface area contributed by atoms with Gasteiger partial charge in [-0.25, -0.2) is 0 Å². The number of hydrogen-bond donors (Lipinski definition) is 1. The first-order valence-corrected chi connectivity index (χ1v) is 14.4. The highest BCUT2D eigenvalue weighted by Gasteiger charge is 2.28. The summed E-state index contributed by atoms with van der Waals surface area (Å²) < 4.78 is 5.92. The lowest BCUT2D eigenvalue weighted by Crippen LogP contribution is -2.39. The van der Waals surface area contributed by atoms with E-state index in [9.17, 15) is 4.79 Å². The second-order valence-corrected chi connectivity index (χ2v) is 11.2. The highest BCUT2D eigenvalue weighted by Crippen LogP contribution is 2.36. The van der Waals surface area contributed by atoms with Crippen LogP contribution >= 0.6 is 0 Å². The van der Waals surface area contributed by atoms with Crippen molar-refractivity contribution >= 4 is 5.91 Å². The second-order valence-electron chi connectivity index (χ2n) is 11.2. The third kappa shape index (κ3) is 5.71. The summed E-state index contributed by atoms with van der Waals surface area (Å²) in [5.74, 6) is 1.78. The fourth-order valence-corrected chi connectivity index (χ4v) is 6.46. The molecule has 1 saturated carbocycles. The number of nitrogens with zero attached hydrogens (tertiary/aromatic N) is 1. The van der Waals surface area contributed by atoms with E-state index in [2.05, 4.69) is 40.5 Å². The Morgan fingerprint density at radius 3 is 2.39 bits per heavy atom. The van der Waals surface area contributed by atoms with Crippen LogP contribution in [0.3, 0.4) is 0 Å². The number of hydrogen-bond acceptors (Lipinski definition) is 3. The van der Waals surface area contributed by atoms with Gasteiger partial charge in [-0.15, -0.1) is 0 Å². The molecule has 1 atom stereocenters. The molecule has 1 amide bonds. The summed E-state index contributed by atoms with van der Waals surface area (Å²) in [7, 11) is 0. The highest BCUT2D eigenvalue weighted by atomic mass is 16.3. The van der Waals surface area contributed by atoms with Crippen LogP contribution in [-0.4, -0.2) is 29.9 Å². The van der Waals surface area contributed by atoms with Crippen LogP contribution in [0, 0.1) is 5.92 Å². The Bertz CT molecular complexity index is 1290. The molecule has 0 radical (unpaired) electrons. The summed E-state index contributed by atoms with van der Waals surface area (Å²) >= 11 is 0. The standard InChI is InChI=1S/C34H38N2O2/c37-34(28-16-14-27(15-17-28)26-7-2-1-3-8-26)35-31-18-12-25(13-19-31)20-22-36-21-5-4-10-32(36)30-23-29-9-6-11-33(29)38-24-30/h1-3,6-9,11,14-17,23-25,31-32H,4-5,10,12-13,18-22H2,(H,35,37)/t25-,31-,32?. The summed E-state index contributed by atoms with van der Waals surface area (Å²) in [6.45, 7) is 2.33. The zero-order valence-corrected chi connectivity index (χ0v) is 22.1. The van der Waals surface area contributed by atoms with Gasteiger partial charge in [0, 0.05) is 28.8 Å². The Balaban J connectivity index is 0.981. The van der Waals surface area contributed by atoms with Gasteiger partial charge in [-0.05, 0) is 99.3 Å². The van der Waals surface area contributed by atoms with Gasteiger partial charge in [-0.3, -0.25) is 9.69 Å². The van der Waals surface area contributed by atoms with Gasteiger partial charge in [0.25, 0.3) is 5.91 Å². The Kier molecular flexibility index (Phi) is 7.59. The van der Waals surface area contributed by atoms with Gasteiger partial charge in [0.15, 0.2) is 0 Å². The maximum Gasteiger partial charge on any atom is 0.251 e. The zero-order chi connectivity index (χ0) is 25.7. The molecule has 6 rings (SSSR count). The van der Waals surface area contributed by atoms with Crippen LogP contribution in [0.5, 0.6) is 0 Å². The molecular weight excluding hydrogens is 468 g/mol. The molecular formula is C34H38N2O2. The first-order valence-electron chi connectivity index (χ1n) is 14.4. The Hall–Kier alpha value is -3.37. The molecule has 1 unspecified atom stereocenters. The van der Waals surface area contributed by atoms with Crippen molar-refractivity contribution in [2.75, 3.05) is 13.1 Å². The number of carbonyl (C=O) groups is 1. The fraction of sp³-hybridized carbons (Fsp3) is 0.382. The predicted molar refractivity (Wildman–Crippen MR) is 153 cm³/mol. The first-order chi connectivity index (χ1) is 18.7. The smallest absolute Gasteiger partial charge is 0.251 e. The van der Waals surface area contributed by atoms with Crippen molar-refractivity contribution in [3.05, 3.63) is 96.3 Å².